The highest BCUT2D eigenvalue weighted by Gasteiger charge is 2.10. The summed E-state index contributed by atoms with van der Waals surface area (Å²) in [5.74, 6) is -0.657. The summed E-state index contributed by atoms with van der Waals surface area (Å²) in [6, 6.07) is 8.30. The van der Waals surface area contributed by atoms with Gasteiger partial charge in [-0.05, 0) is 43.7 Å². The van der Waals surface area contributed by atoms with Crippen LogP contribution in [0.3, 0.4) is 0 Å². The van der Waals surface area contributed by atoms with Gasteiger partial charge in [-0.1, -0.05) is 6.92 Å². The number of carbonyl (C=O) groups is 1. The Balaban J connectivity index is 2.07. The Labute approximate surface area is 126 Å². The predicted molar refractivity (Wildman–Crippen MR) is 80.7 cm³/mol. The number of carboxylic acids is 1. The van der Waals surface area contributed by atoms with Crippen molar-refractivity contribution in [2.24, 2.45) is 0 Å². The molecule has 2 atom stereocenters. The number of aromatic carboxylic acids is 1. The zero-order valence-corrected chi connectivity index (χ0v) is 12.8. The number of hydrogen-bond donors (Lipinski definition) is 1. The van der Waals surface area contributed by atoms with Crippen LogP contribution in [-0.2, 0) is 16.6 Å². The Morgan fingerprint density at radius 2 is 2.00 bits per heavy atom. The van der Waals surface area contributed by atoms with Crippen molar-refractivity contribution in [2.75, 3.05) is 0 Å². The Morgan fingerprint density at radius 1 is 1.33 bits per heavy atom. The first kappa shape index (κ1) is 15.4. The van der Waals surface area contributed by atoms with Crippen molar-refractivity contribution in [2.45, 2.75) is 37.0 Å². The average molecular weight is 306 g/mol. The lowest BCUT2D eigenvalue weighted by Gasteiger charge is -2.08. The molecule has 5 nitrogen and oxygen atoms in total. The molecule has 2 aromatic rings. The standard InChI is InChI=1S/C15H18N2O3S/c1-3-11(2)17-9-8-13(16-17)10-21(20)14-6-4-12(5-7-14)15(18)19/h4-9,11H,3,10H2,1-2H3,(H,18,19). The topological polar surface area (TPSA) is 72.2 Å². The lowest BCUT2D eigenvalue weighted by Crippen LogP contribution is -2.06. The van der Waals surface area contributed by atoms with E-state index in [4.69, 9.17) is 5.11 Å². The van der Waals surface area contributed by atoms with E-state index in [0.717, 1.165) is 12.1 Å². The Hall–Kier alpha value is -1.95. The third-order valence-corrected chi connectivity index (χ3v) is 4.71. The molecule has 6 heteroatoms. The summed E-state index contributed by atoms with van der Waals surface area (Å²) < 4.78 is 14.1. The Kier molecular flexibility index (Phi) is 4.90. The molecule has 0 aliphatic carbocycles. The molecule has 2 rings (SSSR count). The molecule has 0 fully saturated rings. The first-order valence-electron chi connectivity index (χ1n) is 6.77. The fourth-order valence-corrected chi connectivity index (χ4v) is 2.88. The van der Waals surface area contributed by atoms with Crippen LogP contribution in [0.1, 0.15) is 42.4 Å². The van der Waals surface area contributed by atoms with Crippen LogP contribution in [0.5, 0.6) is 0 Å². The van der Waals surface area contributed by atoms with Crippen LogP contribution in [0.25, 0.3) is 0 Å². The van der Waals surface area contributed by atoms with Crippen molar-refractivity contribution in [3.8, 4) is 0 Å². The van der Waals surface area contributed by atoms with Crippen LogP contribution in [0.4, 0.5) is 0 Å². The summed E-state index contributed by atoms with van der Waals surface area (Å²) in [4.78, 5) is 11.4. The molecule has 0 aliphatic rings. The van der Waals surface area contributed by atoms with Gasteiger partial charge in [-0.25, -0.2) is 4.79 Å². The Morgan fingerprint density at radius 3 is 2.57 bits per heavy atom. The van der Waals surface area contributed by atoms with E-state index in [1.165, 1.54) is 12.1 Å². The molecule has 1 aromatic carbocycles. The van der Waals surface area contributed by atoms with Gasteiger partial charge in [0.05, 0.1) is 27.8 Å². The van der Waals surface area contributed by atoms with Gasteiger partial charge < -0.3 is 5.11 Å². The number of aromatic nitrogens is 2. The summed E-state index contributed by atoms with van der Waals surface area (Å²) >= 11 is 0. The van der Waals surface area contributed by atoms with Crippen molar-refractivity contribution in [1.29, 1.82) is 0 Å². The summed E-state index contributed by atoms with van der Waals surface area (Å²) in [5, 5.41) is 13.3. The van der Waals surface area contributed by atoms with E-state index in [0.29, 0.717) is 16.7 Å². The van der Waals surface area contributed by atoms with E-state index in [2.05, 4.69) is 18.9 Å². The molecule has 0 bridgehead atoms. The van der Waals surface area contributed by atoms with Gasteiger partial charge >= 0.3 is 5.97 Å². The molecule has 1 aromatic heterocycles. The smallest absolute Gasteiger partial charge is 0.335 e. The minimum Gasteiger partial charge on any atom is -0.478 e. The van der Waals surface area contributed by atoms with Gasteiger partial charge in [-0.3, -0.25) is 8.89 Å². The van der Waals surface area contributed by atoms with Gasteiger partial charge in [0, 0.05) is 17.1 Å². The van der Waals surface area contributed by atoms with Crippen LogP contribution >= 0.6 is 0 Å². The zero-order valence-electron chi connectivity index (χ0n) is 12.0. The van der Waals surface area contributed by atoms with Gasteiger partial charge in [0.25, 0.3) is 0 Å². The average Bonchev–Trinajstić information content (AvgIpc) is 2.95. The van der Waals surface area contributed by atoms with Crippen molar-refractivity contribution in [3.63, 3.8) is 0 Å². The van der Waals surface area contributed by atoms with Crippen molar-refractivity contribution >= 4 is 16.8 Å². The molecule has 21 heavy (non-hydrogen) atoms. The predicted octanol–water partition coefficient (Wildman–Crippen LogP) is 2.86. The highest BCUT2D eigenvalue weighted by Crippen LogP contribution is 2.14. The molecule has 2 unspecified atom stereocenters. The van der Waals surface area contributed by atoms with E-state index in [1.54, 1.807) is 12.1 Å². The summed E-state index contributed by atoms with van der Waals surface area (Å²) in [6.45, 7) is 4.17. The van der Waals surface area contributed by atoms with E-state index >= 15 is 0 Å². The molecule has 0 saturated heterocycles. The molecule has 0 saturated carbocycles. The highest BCUT2D eigenvalue weighted by atomic mass is 32.2. The molecule has 0 amide bonds. The maximum Gasteiger partial charge on any atom is 0.335 e. The minimum atomic E-state index is -1.23. The number of rotatable bonds is 6. The maximum absolute atomic E-state index is 12.3. The van der Waals surface area contributed by atoms with Crippen molar-refractivity contribution in [1.82, 2.24) is 9.78 Å². The second-order valence-corrected chi connectivity index (χ2v) is 6.31. The molecule has 1 heterocycles. The SMILES string of the molecule is CCC(C)n1ccc(CS(=O)c2ccc(C(=O)O)cc2)n1. The highest BCUT2D eigenvalue weighted by molar-refractivity contribution is 7.84. The van der Waals surface area contributed by atoms with E-state index in [-0.39, 0.29) is 5.56 Å². The van der Waals surface area contributed by atoms with E-state index in [1.807, 2.05) is 16.9 Å². The fraction of sp³-hybridized carbons (Fsp3) is 0.333. The molecule has 112 valence electrons. The molecular weight excluding hydrogens is 288 g/mol. The van der Waals surface area contributed by atoms with Crippen LogP contribution in [0, 0.1) is 0 Å². The van der Waals surface area contributed by atoms with Crippen LogP contribution in [-0.4, -0.2) is 25.1 Å². The maximum atomic E-state index is 12.3. The Bertz CT molecular complexity index is 649. The summed E-state index contributed by atoms with van der Waals surface area (Å²) in [6.07, 6.45) is 2.88. The minimum absolute atomic E-state index is 0.191. The summed E-state index contributed by atoms with van der Waals surface area (Å²) in [5.41, 5.74) is 0.966. The van der Waals surface area contributed by atoms with Crippen molar-refractivity contribution in [3.05, 3.63) is 47.8 Å². The summed E-state index contributed by atoms with van der Waals surface area (Å²) in [7, 11) is -1.23. The number of nitrogens with zero attached hydrogens (tertiary/aromatic N) is 2. The third-order valence-electron chi connectivity index (χ3n) is 3.35. The quantitative estimate of drug-likeness (QED) is 0.890. The van der Waals surface area contributed by atoms with Gasteiger partial charge in [0.15, 0.2) is 0 Å². The molecule has 0 aliphatic heterocycles. The van der Waals surface area contributed by atoms with Crippen LogP contribution in [0.15, 0.2) is 41.4 Å². The zero-order chi connectivity index (χ0) is 15.4. The van der Waals surface area contributed by atoms with E-state index in [9.17, 15) is 9.00 Å². The monoisotopic (exact) mass is 306 g/mol. The lowest BCUT2D eigenvalue weighted by molar-refractivity contribution is 0.0697. The third kappa shape index (κ3) is 3.78. The molecule has 0 radical (unpaired) electrons. The number of carboxylic acid groups (broad SMARTS) is 1. The van der Waals surface area contributed by atoms with Crippen LogP contribution < -0.4 is 0 Å². The molecule has 1 N–H and O–H groups in total. The first-order chi connectivity index (χ1) is 10.0. The second-order valence-electron chi connectivity index (χ2n) is 4.86. The lowest BCUT2D eigenvalue weighted by atomic mass is 10.2. The van der Waals surface area contributed by atoms with Gasteiger partial charge in [-0.2, -0.15) is 5.10 Å². The second kappa shape index (κ2) is 6.67. The largest absolute Gasteiger partial charge is 0.478 e. The normalized spacial score (nSPS) is 13.8. The molecule has 0 spiro atoms. The van der Waals surface area contributed by atoms with Gasteiger partial charge in [0.2, 0.25) is 0 Å². The first-order valence-corrected chi connectivity index (χ1v) is 8.09. The van der Waals surface area contributed by atoms with Gasteiger partial charge in [-0.15, -0.1) is 0 Å². The fourth-order valence-electron chi connectivity index (χ4n) is 1.85. The van der Waals surface area contributed by atoms with Crippen LogP contribution in [0.2, 0.25) is 0 Å². The van der Waals surface area contributed by atoms with Gasteiger partial charge in [0.1, 0.15) is 0 Å². The van der Waals surface area contributed by atoms with Crippen molar-refractivity contribution < 1.29 is 14.1 Å². The number of benzene rings is 1. The number of hydrogen-bond acceptors (Lipinski definition) is 3. The molecular formula is C15H18N2O3S. The van der Waals surface area contributed by atoms with E-state index < -0.39 is 16.8 Å².